The summed E-state index contributed by atoms with van der Waals surface area (Å²) in [5.41, 5.74) is 0. The lowest BCUT2D eigenvalue weighted by molar-refractivity contribution is 0.295. The molecule has 0 rings (SSSR count). The van der Waals surface area contributed by atoms with E-state index < -0.39 is 0 Å². The van der Waals surface area contributed by atoms with Gasteiger partial charge in [-0.15, -0.1) is 0 Å². The molecule has 0 aromatic rings. The van der Waals surface area contributed by atoms with E-state index in [1.807, 2.05) is 0 Å². The van der Waals surface area contributed by atoms with Gasteiger partial charge in [0.25, 0.3) is 0 Å². The van der Waals surface area contributed by atoms with Crippen LogP contribution in [0.25, 0.3) is 0 Å². The van der Waals surface area contributed by atoms with E-state index in [0.29, 0.717) is 0 Å². The summed E-state index contributed by atoms with van der Waals surface area (Å²) in [6.45, 7) is 14.6. The third-order valence-electron chi connectivity index (χ3n) is 3.76. The monoisotopic (exact) mass is 294 g/mol. The fraction of sp³-hybridized carbons (Fsp3) is 0.895. The molecule has 0 bridgehead atoms. The van der Waals surface area contributed by atoms with Crippen molar-refractivity contribution in [3.8, 4) is 12.0 Å². The second-order valence-electron chi connectivity index (χ2n) is 5.97. The van der Waals surface area contributed by atoms with E-state index in [1.165, 1.54) is 64.5 Å². The van der Waals surface area contributed by atoms with E-state index in [1.54, 1.807) is 0 Å². The van der Waals surface area contributed by atoms with Crippen molar-refractivity contribution in [3.63, 3.8) is 0 Å². The van der Waals surface area contributed by atoms with Gasteiger partial charge in [-0.2, -0.15) is 0 Å². The summed E-state index contributed by atoms with van der Waals surface area (Å²) in [7, 11) is 0. The third kappa shape index (κ3) is 12.8. The molecule has 0 unspecified atom stereocenters. The zero-order valence-electron chi connectivity index (χ0n) is 15.1. The first-order valence-corrected chi connectivity index (χ1v) is 9.24. The smallest absolute Gasteiger partial charge is 0.0620 e. The van der Waals surface area contributed by atoms with Gasteiger partial charge in [-0.1, -0.05) is 59.3 Å². The van der Waals surface area contributed by atoms with E-state index in [-0.39, 0.29) is 0 Å². The summed E-state index contributed by atoms with van der Waals surface area (Å²) < 4.78 is 0. The predicted octanol–water partition coefficient (Wildman–Crippen LogP) is 4.75. The Hall–Kier alpha value is -0.680. The Morgan fingerprint density at radius 2 is 1.05 bits per heavy atom. The quantitative estimate of drug-likeness (QED) is 0.357. The van der Waals surface area contributed by atoms with Crippen LogP contribution in [0.5, 0.6) is 0 Å². The highest BCUT2D eigenvalue weighted by Crippen LogP contribution is 2.00. The van der Waals surface area contributed by atoms with Crippen LogP contribution in [0.3, 0.4) is 0 Å². The summed E-state index contributed by atoms with van der Waals surface area (Å²) in [6, 6.07) is 3.41. The maximum absolute atomic E-state index is 3.42. The molecule has 0 saturated heterocycles. The lowest BCUT2D eigenvalue weighted by Crippen LogP contribution is -2.27. The van der Waals surface area contributed by atoms with Crippen molar-refractivity contribution >= 4 is 0 Å². The summed E-state index contributed by atoms with van der Waals surface area (Å²) in [6.07, 6.45) is 10.2. The maximum atomic E-state index is 3.42. The van der Waals surface area contributed by atoms with Crippen LogP contribution in [0.4, 0.5) is 0 Å². The first-order chi connectivity index (χ1) is 10.3. The van der Waals surface area contributed by atoms with Gasteiger partial charge in [0, 0.05) is 19.1 Å². The molecule has 2 heteroatoms. The maximum Gasteiger partial charge on any atom is 0.0620 e. The minimum Gasteiger partial charge on any atom is -0.333 e. The topological polar surface area (TPSA) is 6.48 Å². The fourth-order valence-corrected chi connectivity index (χ4v) is 2.21. The van der Waals surface area contributed by atoms with Crippen molar-refractivity contribution in [1.82, 2.24) is 9.80 Å². The lowest BCUT2D eigenvalue weighted by atomic mass is 10.2. The average molecular weight is 295 g/mol. The van der Waals surface area contributed by atoms with Crippen LogP contribution in [0.15, 0.2) is 0 Å². The molecule has 0 radical (unpaired) electrons. The number of nitrogens with zero attached hydrogens (tertiary/aromatic N) is 2. The number of unbranched alkanes of at least 4 members (excludes halogenated alkanes) is 4. The SMILES string of the molecule is CCCCN(C#CCN(CCCC)CCCC)CCCC. The molecule has 0 aromatic carbocycles. The van der Waals surface area contributed by atoms with Crippen LogP contribution >= 0.6 is 0 Å². The van der Waals surface area contributed by atoms with E-state index in [9.17, 15) is 0 Å². The molecule has 124 valence electrons. The summed E-state index contributed by atoms with van der Waals surface area (Å²) in [5, 5.41) is 0. The van der Waals surface area contributed by atoms with E-state index in [0.717, 1.165) is 19.6 Å². The zero-order chi connectivity index (χ0) is 15.8. The van der Waals surface area contributed by atoms with Gasteiger partial charge in [-0.25, -0.2) is 0 Å². The van der Waals surface area contributed by atoms with Crippen LogP contribution in [0.2, 0.25) is 0 Å². The van der Waals surface area contributed by atoms with Crippen molar-refractivity contribution < 1.29 is 0 Å². The van der Waals surface area contributed by atoms with Crippen LogP contribution < -0.4 is 0 Å². The van der Waals surface area contributed by atoms with Gasteiger partial charge in [0.2, 0.25) is 0 Å². The number of hydrogen-bond acceptors (Lipinski definition) is 2. The van der Waals surface area contributed by atoms with E-state index in [2.05, 4.69) is 49.5 Å². The number of rotatable bonds is 13. The Bertz CT molecular complexity index is 248. The molecule has 0 amide bonds. The average Bonchev–Trinajstić information content (AvgIpc) is 2.51. The second kappa shape index (κ2) is 15.7. The molecule has 0 N–H and O–H groups in total. The number of hydrogen-bond donors (Lipinski definition) is 0. The molecule has 0 atom stereocenters. The first kappa shape index (κ1) is 20.3. The second-order valence-corrected chi connectivity index (χ2v) is 5.97. The lowest BCUT2D eigenvalue weighted by Gasteiger charge is -2.20. The molecule has 0 aliphatic heterocycles. The van der Waals surface area contributed by atoms with Gasteiger partial charge < -0.3 is 4.90 Å². The Morgan fingerprint density at radius 3 is 1.48 bits per heavy atom. The van der Waals surface area contributed by atoms with E-state index >= 15 is 0 Å². The van der Waals surface area contributed by atoms with Gasteiger partial charge in [0.05, 0.1) is 6.54 Å². The summed E-state index contributed by atoms with van der Waals surface area (Å²) in [4.78, 5) is 4.86. The van der Waals surface area contributed by atoms with Crippen molar-refractivity contribution in [2.24, 2.45) is 0 Å². The highest BCUT2D eigenvalue weighted by molar-refractivity contribution is 5.01. The highest BCUT2D eigenvalue weighted by Gasteiger charge is 2.02. The summed E-state index contributed by atoms with van der Waals surface area (Å²) >= 11 is 0. The van der Waals surface area contributed by atoms with Crippen LogP contribution in [-0.2, 0) is 0 Å². The van der Waals surface area contributed by atoms with Crippen molar-refractivity contribution in [3.05, 3.63) is 0 Å². The molecule has 21 heavy (non-hydrogen) atoms. The minimum atomic E-state index is 0.939. The first-order valence-electron chi connectivity index (χ1n) is 9.24. The molecule has 0 spiro atoms. The van der Waals surface area contributed by atoms with Crippen molar-refractivity contribution in [2.75, 3.05) is 32.7 Å². The van der Waals surface area contributed by atoms with Crippen LogP contribution in [0, 0.1) is 12.0 Å². The third-order valence-corrected chi connectivity index (χ3v) is 3.76. The molecule has 2 nitrogen and oxygen atoms in total. The van der Waals surface area contributed by atoms with E-state index in [4.69, 9.17) is 0 Å². The normalized spacial score (nSPS) is 10.5. The highest BCUT2D eigenvalue weighted by atomic mass is 15.1. The van der Waals surface area contributed by atoms with Crippen LogP contribution in [0.1, 0.15) is 79.1 Å². The van der Waals surface area contributed by atoms with Gasteiger partial charge in [0.15, 0.2) is 0 Å². The van der Waals surface area contributed by atoms with Crippen LogP contribution in [-0.4, -0.2) is 42.5 Å². The molecule has 0 fully saturated rings. The van der Waals surface area contributed by atoms with Crippen molar-refractivity contribution in [2.45, 2.75) is 79.1 Å². The Balaban J connectivity index is 4.27. The van der Waals surface area contributed by atoms with Crippen molar-refractivity contribution in [1.29, 1.82) is 0 Å². The molecular formula is C19H38N2. The fourth-order valence-electron chi connectivity index (χ4n) is 2.21. The molecule has 0 aliphatic carbocycles. The summed E-state index contributed by atoms with van der Waals surface area (Å²) in [5.74, 6) is 3.42. The molecule has 0 aromatic heterocycles. The standard InChI is InChI=1S/C19H38N2/c1-5-9-14-20(15-10-6-2)18-13-19-21(16-11-7-3)17-12-8-4/h5-12,14-18H2,1-4H3. The minimum absolute atomic E-state index is 0.939. The predicted molar refractivity (Wildman–Crippen MR) is 95.4 cm³/mol. The van der Waals surface area contributed by atoms with Gasteiger partial charge >= 0.3 is 0 Å². The molecule has 0 heterocycles. The Labute approximate surface area is 134 Å². The van der Waals surface area contributed by atoms with Gasteiger partial charge in [0.1, 0.15) is 0 Å². The largest absolute Gasteiger partial charge is 0.333 e. The molecule has 0 aliphatic rings. The van der Waals surface area contributed by atoms with Gasteiger partial charge in [-0.05, 0) is 38.8 Å². The Kier molecular flexibility index (Phi) is 15.2. The molecule has 0 saturated carbocycles. The Morgan fingerprint density at radius 1 is 0.619 bits per heavy atom. The van der Waals surface area contributed by atoms with Gasteiger partial charge in [-0.3, -0.25) is 4.90 Å². The molecular weight excluding hydrogens is 256 g/mol. The zero-order valence-corrected chi connectivity index (χ0v) is 15.1.